The summed E-state index contributed by atoms with van der Waals surface area (Å²) in [5, 5.41) is 12.8. The number of hydrogen-bond donors (Lipinski definition) is 0. The van der Waals surface area contributed by atoms with Crippen molar-refractivity contribution < 1.29 is 0 Å². The largest absolute Gasteiger partial charge is 0.353 e. The molecule has 0 saturated carbocycles. The summed E-state index contributed by atoms with van der Waals surface area (Å²) in [4.78, 5) is 14.1. The monoisotopic (exact) mass is 389 g/mol. The first-order valence-electron chi connectivity index (χ1n) is 9.49. The number of piperazine rings is 1. The molecular weight excluding hydrogens is 366 g/mol. The van der Waals surface area contributed by atoms with Crippen molar-refractivity contribution >= 4 is 17.2 Å². The average molecular weight is 390 g/mol. The minimum atomic E-state index is 0.700. The molecule has 3 aromatic rings. The summed E-state index contributed by atoms with van der Waals surface area (Å²) >= 11 is 1.70. The van der Waals surface area contributed by atoms with Crippen LogP contribution in [-0.4, -0.2) is 41.0 Å². The van der Waals surface area contributed by atoms with Crippen molar-refractivity contribution in [2.75, 3.05) is 31.1 Å². The maximum atomic E-state index is 9.53. The molecule has 1 aliphatic heterocycles. The quantitative estimate of drug-likeness (QED) is 0.675. The van der Waals surface area contributed by atoms with Gasteiger partial charge in [-0.1, -0.05) is 30.3 Å². The molecule has 0 atom stereocenters. The van der Waals surface area contributed by atoms with Gasteiger partial charge >= 0.3 is 0 Å². The number of nitrogens with zero attached hydrogens (tertiary/aromatic N) is 5. The Morgan fingerprint density at radius 1 is 1.07 bits per heavy atom. The van der Waals surface area contributed by atoms with Crippen LogP contribution in [0, 0.1) is 25.2 Å². The highest BCUT2D eigenvalue weighted by Crippen LogP contribution is 2.25. The number of nitriles is 1. The van der Waals surface area contributed by atoms with Crippen molar-refractivity contribution in [2.24, 2.45) is 0 Å². The topological polar surface area (TPSA) is 56.1 Å². The lowest BCUT2D eigenvalue weighted by Gasteiger charge is -2.35. The fourth-order valence-corrected chi connectivity index (χ4v) is 4.44. The molecule has 3 heterocycles. The molecule has 1 aromatic carbocycles. The number of hydrogen-bond acceptors (Lipinski definition) is 6. The van der Waals surface area contributed by atoms with Gasteiger partial charge in [0.05, 0.1) is 11.3 Å². The summed E-state index contributed by atoms with van der Waals surface area (Å²) < 4.78 is 0. The van der Waals surface area contributed by atoms with E-state index >= 15 is 0 Å². The van der Waals surface area contributed by atoms with E-state index in [1.807, 2.05) is 38.1 Å². The van der Waals surface area contributed by atoms with Crippen molar-refractivity contribution in [1.82, 2.24) is 14.9 Å². The SMILES string of the molecule is Cc1cc(C)c(C#N)c(N2CCN(Cc3csc(-c4ccccc4)n3)CC2)n1. The smallest absolute Gasteiger partial charge is 0.147 e. The fourth-order valence-electron chi connectivity index (χ4n) is 3.62. The minimum Gasteiger partial charge on any atom is -0.353 e. The van der Waals surface area contributed by atoms with Crippen molar-refractivity contribution in [3.05, 3.63) is 64.3 Å². The summed E-state index contributed by atoms with van der Waals surface area (Å²) in [6.07, 6.45) is 0. The van der Waals surface area contributed by atoms with Crippen molar-refractivity contribution in [2.45, 2.75) is 20.4 Å². The Morgan fingerprint density at radius 3 is 2.54 bits per heavy atom. The zero-order chi connectivity index (χ0) is 19.5. The molecule has 5 nitrogen and oxygen atoms in total. The van der Waals surface area contributed by atoms with E-state index in [2.05, 4.69) is 38.4 Å². The predicted octanol–water partition coefficient (Wildman–Crippen LogP) is 4.02. The van der Waals surface area contributed by atoms with Crippen LogP contribution in [0.1, 0.15) is 22.5 Å². The fraction of sp³-hybridized carbons (Fsp3) is 0.318. The molecule has 0 bridgehead atoms. The van der Waals surface area contributed by atoms with Gasteiger partial charge in [-0.2, -0.15) is 5.26 Å². The highest BCUT2D eigenvalue weighted by Gasteiger charge is 2.22. The second-order valence-corrected chi connectivity index (χ2v) is 8.02. The van der Waals surface area contributed by atoms with Crippen LogP contribution in [0.2, 0.25) is 0 Å². The summed E-state index contributed by atoms with van der Waals surface area (Å²) in [7, 11) is 0. The van der Waals surface area contributed by atoms with E-state index in [1.165, 1.54) is 5.56 Å². The molecule has 0 radical (unpaired) electrons. The number of pyridine rings is 1. The predicted molar refractivity (Wildman–Crippen MR) is 113 cm³/mol. The highest BCUT2D eigenvalue weighted by atomic mass is 32.1. The Balaban J connectivity index is 1.41. The molecule has 2 aromatic heterocycles. The molecule has 0 unspecified atom stereocenters. The number of aromatic nitrogens is 2. The van der Waals surface area contributed by atoms with Gasteiger partial charge in [0, 0.05) is 49.4 Å². The van der Waals surface area contributed by atoms with Crippen LogP contribution in [0.3, 0.4) is 0 Å². The molecular formula is C22H23N5S. The van der Waals surface area contributed by atoms with Crippen LogP contribution in [0.5, 0.6) is 0 Å². The summed E-state index contributed by atoms with van der Waals surface area (Å²) in [6, 6.07) is 14.6. The standard InChI is InChI=1S/C22H23N5S/c1-16-12-17(2)24-21(20(16)13-23)27-10-8-26(9-11-27)14-19-15-28-22(25-19)18-6-4-3-5-7-18/h3-7,12,15H,8-11,14H2,1-2H3. The second kappa shape index (κ2) is 8.09. The van der Waals surface area contributed by atoms with Gasteiger partial charge in [0.15, 0.2) is 0 Å². The van der Waals surface area contributed by atoms with E-state index in [1.54, 1.807) is 11.3 Å². The number of thiazole rings is 1. The van der Waals surface area contributed by atoms with Gasteiger partial charge in [-0.05, 0) is 25.5 Å². The van der Waals surface area contributed by atoms with Gasteiger partial charge < -0.3 is 4.90 Å². The Hall–Kier alpha value is -2.75. The van der Waals surface area contributed by atoms with Gasteiger partial charge in [0.25, 0.3) is 0 Å². The van der Waals surface area contributed by atoms with Crippen LogP contribution in [0.15, 0.2) is 41.8 Å². The third-order valence-electron chi connectivity index (χ3n) is 5.07. The maximum absolute atomic E-state index is 9.53. The van der Waals surface area contributed by atoms with E-state index in [0.29, 0.717) is 5.56 Å². The van der Waals surface area contributed by atoms with E-state index < -0.39 is 0 Å². The van der Waals surface area contributed by atoms with Crippen molar-refractivity contribution in [3.8, 4) is 16.6 Å². The molecule has 6 heteroatoms. The van der Waals surface area contributed by atoms with E-state index in [0.717, 1.165) is 60.5 Å². The number of benzene rings is 1. The van der Waals surface area contributed by atoms with Gasteiger partial charge in [-0.3, -0.25) is 4.90 Å². The third kappa shape index (κ3) is 3.91. The lowest BCUT2D eigenvalue weighted by Crippen LogP contribution is -2.46. The van der Waals surface area contributed by atoms with Crippen LogP contribution in [-0.2, 0) is 6.54 Å². The number of aryl methyl sites for hydroxylation is 2. The minimum absolute atomic E-state index is 0.700. The molecule has 0 spiro atoms. The molecule has 1 aliphatic rings. The molecule has 4 rings (SSSR count). The zero-order valence-corrected chi connectivity index (χ0v) is 17.0. The van der Waals surface area contributed by atoms with Gasteiger partial charge in [-0.15, -0.1) is 11.3 Å². The molecule has 142 valence electrons. The highest BCUT2D eigenvalue weighted by molar-refractivity contribution is 7.13. The molecule has 1 saturated heterocycles. The Morgan fingerprint density at radius 2 is 1.82 bits per heavy atom. The molecule has 0 aliphatic carbocycles. The normalized spacial score (nSPS) is 14.8. The van der Waals surface area contributed by atoms with Crippen LogP contribution in [0.4, 0.5) is 5.82 Å². The summed E-state index contributed by atoms with van der Waals surface area (Å²) in [5.41, 5.74) is 4.97. The Kier molecular flexibility index (Phi) is 5.38. The second-order valence-electron chi connectivity index (χ2n) is 7.16. The Bertz CT molecular complexity index is 998. The van der Waals surface area contributed by atoms with Crippen molar-refractivity contribution in [3.63, 3.8) is 0 Å². The number of rotatable bonds is 4. The van der Waals surface area contributed by atoms with Crippen LogP contribution >= 0.6 is 11.3 Å². The zero-order valence-electron chi connectivity index (χ0n) is 16.2. The van der Waals surface area contributed by atoms with Crippen LogP contribution < -0.4 is 4.90 Å². The first-order valence-corrected chi connectivity index (χ1v) is 10.4. The molecule has 0 amide bonds. The van der Waals surface area contributed by atoms with Gasteiger partial charge in [-0.25, -0.2) is 9.97 Å². The molecule has 0 N–H and O–H groups in total. The Labute approximate surface area is 169 Å². The number of anilines is 1. The third-order valence-corrected chi connectivity index (χ3v) is 6.01. The van der Waals surface area contributed by atoms with Crippen molar-refractivity contribution in [1.29, 1.82) is 5.26 Å². The first-order chi connectivity index (χ1) is 13.6. The average Bonchev–Trinajstić information content (AvgIpc) is 3.17. The van der Waals surface area contributed by atoms with Crippen LogP contribution in [0.25, 0.3) is 10.6 Å². The van der Waals surface area contributed by atoms with E-state index in [-0.39, 0.29) is 0 Å². The van der Waals surface area contributed by atoms with Gasteiger partial charge in [0.1, 0.15) is 16.9 Å². The lowest BCUT2D eigenvalue weighted by atomic mass is 10.1. The molecule has 1 fully saturated rings. The summed E-state index contributed by atoms with van der Waals surface area (Å²) in [6.45, 7) is 8.47. The lowest BCUT2D eigenvalue weighted by molar-refractivity contribution is 0.247. The maximum Gasteiger partial charge on any atom is 0.147 e. The summed E-state index contributed by atoms with van der Waals surface area (Å²) in [5.74, 6) is 0.833. The van der Waals surface area contributed by atoms with E-state index in [9.17, 15) is 5.26 Å². The van der Waals surface area contributed by atoms with E-state index in [4.69, 9.17) is 4.98 Å². The molecule has 28 heavy (non-hydrogen) atoms. The first kappa shape index (κ1) is 18.6. The van der Waals surface area contributed by atoms with Gasteiger partial charge in [0.2, 0.25) is 0 Å².